The Kier molecular flexibility index (Phi) is 6.57. The van der Waals surface area contributed by atoms with Crippen LogP contribution in [-0.2, 0) is 9.59 Å². The van der Waals surface area contributed by atoms with E-state index in [9.17, 15) is 9.59 Å². The predicted molar refractivity (Wildman–Crippen MR) is 106 cm³/mol. The molecule has 3 rings (SSSR count). The fourth-order valence-electron chi connectivity index (χ4n) is 2.83. The van der Waals surface area contributed by atoms with Crippen LogP contribution in [0.15, 0.2) is 54.9 Å². The highest BCUT2D eigenvalue weighted by atomic mass is 35.5. The number of nitrogens with one attached hydrogen (secondary N) is 1. The van der Waals surface area contributed by atoms with Crippen molar-refractivity contribution < 1.29 is 9.59 Å². The van der Waals surface area contributed by atoms with Crippen LogP contribution in [0.25, 0.3) is 6.08 Å². The number of carbonyl (C=O) groups is 2. The van der Waals surface area contributed by atoms with E-state index in [2.05, 4.69) is 10.3 Å². The van der Waals surface area contributed by atoms with E-state index in [1.807, 2.05) is 29.2 Å². The maximum atomic E-state index is 12.3. The number of pyridine rings is 1. The second kappa shape index (κ2) is 9.30. The van der Waals surface area contributed by atoms with Crippen molar-refractivity contribution in [1.82, 2.24) is 14.8 Å². The zero-order chi connectivity index (χ0) is 19.1. The number of hydrogen-bond donors (Lipinski definition) is 1. The van der Waals surface area contributed by atoms with Gasteiger partial charge in [-0.05, 0) is 29.8 Å². The third-order valence-corrected chi connectivity index (χ3v) is 4.63. The lowest BCUT2D eigenvalue weighted by molar-refractivity contribution is -0.127. The van der Waals surface area contributed by atoms with Crippen LogP contribution in [0.2, 0.25) is 5.02 Å². The Hall–Kier alpha value is -2.70. The van der Waals surface area contributed by atoms with Crippen molar-refractivity contribution in [2.24, 2.45) is 0 Å². The first-order valence-corrected chi connectivity index (χ1v) is 9.13. The molecule has 2 aromatic rings. The molecule has 1 aliphatic heterocycles. The monoisotopic (exact) mass is 384 g/mol. The molecule has 27 heavy (non-hydrogen) atoms. The van der Waals surface area contributed by atoms with Crippen molar-refractivity contribution in [2.45, 2.75) is 0 Å². The molecule has 0 bridgehead atoms. The molecular weight excluding hydrogens is 364 g/mol. The van der Waals surface area contributed by atoms with E-state index >= 15 is 0 Å². The molecule has 140 valence electrons. The Morgan fingerprint density at radius 2 is 1.89 bits per heavy atom. The van der Waals surface area contributed by atoms with Crippen LogP contribution < -0.4 is 5.32 Å². The van der Waals surface area contributed by atoms with Crippen molar-refractivity contribution in [2.75, 3.05) is 38.0 Å². The molecule has 1 aromatic carbocycles. The fourth-order valence-corrected chi connectivity index (χ4v) is 3.01. The van der Waals surface area contributed by atoms with Gasteiger partial charge in [0.15, 0.2) is 0 Å². The van der Waals surface area contributed by atoms with Crippen molar-refractivity contribution in [1.29, 1.82) is 0 Å². The van der Waals surface area contributed by atoms with Crippen molar-refractivity contribution in [3.05, 3.63) is 65.5 Å². The maximum Gasteiger partial charge on any atom is 0.246 e. The number of carbonyl (C=O) groups excluding carboxylic acids is 2. The maximum absolute atomic E-state index is 12.3. The van der Waals surface area contributed by atoms with Gasteiger partial charge in [-0.15, -0.1) is 0 Å². The number of nitrogens with zero attached hydrogens (tertiary/aromatic N) is 3. The molecule has 2 amide bonds. The van der Waals surface area contributed by atoms with E-state index in [1.165, 1.54) is 0 Å². The molecule has 1 aromatic heterocycles. The van der Waals surface area contributed by atoms with Crippen LogP contribution >= 0.6 is 11.6 Å². The summed E-state index contributed by atoms with van der Waals surface area (Å²) in [6, 6.07) is 10.9. The number of anilines is 1. The van der Waals surface area contributed by atoms with Crippen molar-refractivity contribution in [3.8, 4) is 0 Å². The summed E-state index contributed by atoms with van der Waals surface area (Å²) in [5.74, 6) is -0.140. The molecule has 0 aliphatic carbocycles. The fraction of sp³-hybridized carbons (Fsp3) is 0.250. The van der Waals surface area contributed by atoms with Gasteiger partial charge < -0.3 is 10.2 Å². The van der Waals surface area contributed by atoms with Crippen LogP contribution in [-0.4, -0.2) is 59.3 Å². The van der Waals surface area contributed by atoms with Crippen LogP contribution in [0, 0.1) is 0 Å². The zero-order valence-electron chi connectivity index (χ0n) is 14.8. The minimum atomic E-state index is -0.112. The van der Waals surface area contributed by atoms with Crippen molar-refractivity contribution in [3.63, 3.8) is 0 Å². The zero-order valence-corrected chi connectivity index (χ0v) is 15.6. The number of benzene rings is 1. The molecule has 0 unspecified atom stereocenters. The second-order valence-corrected chi connectivity index (χ2v) is 6.66. The van der Waals surface area contributed by atoms with Gasteiger partial charge >= 0.3 is 0 Å². The smallest absolute Gasteiger partial charge is 0.246 e. The highest BCUT2D eigenvalue weighted by Gasteiger charge is 2.21. The lowest BCUT2D eigenvalue weighted by Gasteiger charge is -2.33. The Labute approximate surface area is 163 Å². The van der Waals surface area contributed by atoms with E-state index in [0.29, 0.717) is 36.9 Å². The Balaban J connectivity index is 1.44. The van der Waals surface area contributed by atoms with Gasteiger partial charge in [-0.1, -0.05) is 29.8 Å². The molecule has 1 aliphatic rings. The summed E-state index contributed by atoms with van der Waals surface area (Å²) in [7, 11) is 0. The average Bonchev–Trinajstić information content (AvgIpc) is 2.69. The molecule has 1 saturated heterocycles. The van der Waals surface area contributed by atoms with Gasteiger partial charge in [-0.2, -0.15) is 0 Å². The SMILES string of the molecule is O=C(CN1CCN(C(=O)/C=C/c2cccnc2)CC1)Nc1ccccc1Cl. The third-order valence-electron chi connectivity index (χ3n) is 4.30. The normalized spacial score (nSPS) is 15.1. The van der Waals surface area contributed by atoms with Gasteiger partial charge in [-0.25, -0.2) is 0 Å². The predicted octanol–water partition coefficient (Wildman–Crippen LogP) is 2.53. The Bertz CT molecular complexity index is 818. The summed E-state index contributed by atoms with van der Waals surface area (Å²) in [5, 5.41) is 3.34. The molecule has 0 atom stereocenters. The largest absolute Gasteiger partial charge is 0.337 e. The lowest BCUT2D eigenvalue weighted by atomic mass is 10.2. The quantitative estimate of drug-likeness (QED) is 0.804. The topological polar surface area (TPSA) is 65.5 Å². The molecule has 2 heterocycles. The minimum absolute atomic E-state index is 0.0287. The van der Waals surface area contributed by atoms with E-state index in [0.717, 1.165) is 5.56 Å². The van der Waals surface area contributed by atoms with Gasteiger partial charge in [0, 0.05) is 44.6 Å². The second-order valence-electron chi connectivity index (χ2n) is 6.25. The standard InChI is InChI=1S/C20H21ClN4O2/c21-17-5-1-2-6-18(17)23-19(26)15-24-10-12-25(13-11-24)20(27)8-7-16-4-3-9-22-14-16/h1-9,14H,10-13,15H2,(H,23,26)/b8-7+. The van der Waals surface area contributed by atoms with E-state index in [4.69, 9.17) is 11.6 Å². The van der Waals surface area contributed by atoms with E-state index < -0.39 is 0 Å². The molecule has 0 spiro atoms. The lowest BCUT2D eigenvalue weighted by Crippen LogP contribution is -2.50. The Morgan fingerprint density at radius 1 is 1.11 bits per heavy atom. The Morgan fingerprint density at radius 3 is 2.59 bits per heavy atom. The third kappa shape index (κ3) is 5.64. The van der Waals surface area contributed by atoms with Crippen LogP contribution in [0.4, 0.5) is 5.69 Å². The van der Waals surface area contributed by atoms with Gasteiger partial charge in [0.2, 0.25) is 11.8 Å². The average molecular weight is 385 g/mol. The van der Waals surface area contributed by atoms with E-state index in [-0.39, 0.29) is 18.4 Å². The first-order valence-electron chi connectivity index (χ1n) is 8.75. The number of rotatable bonds is 5. The summed E-state index contributed by atoms with van der Waals surface area (Å²) in [6.45, 7) is 2.77. The number of piperazine rings is 1. The van der Waals surface area contributed by atoms with Gasteiger partial charge in [-0.3, -0.25) is 19.5 Å². The molecule has 0 saturated carbocycles. The van der Waals surface area contributed by atoms with Gasteiger partial charge in [0.25, 0.3) is 0 Å². The van der Waals surface area contributed by atoms with Crippen LogP contribution in [0.5, 0.6) is 0 Å². The summed E-state index contributed by atoms with van der Waals surface area (Å²) < 4.78 is 0. The first kappa shape index (κ1) is 19.1. The number of halogens is 1. The van der Waals surface area contributed by atoms with Crippen LogP contribution in [0.1, 0.15) is 5.56 Å². The summed E-state index contributed by atoms with van der Waals surface area (Å²) in [4.78, 5) is 32.3. The first-order chi connectivity index (χ1) is 13.1. The molecule has 1 fully saturated rings. The van der Waals surface area contributed by atoms with Gasteiger partial charge in [0.05, 0.1) is 17.3 Å². The summed E-state index contributed by atoms with van der Waals surface area (Å²) in [5.41, 5.74) is 1.50. The van der Waals surface area contributed by atoms with E-state index in [1.54, 1.807) is 41.6 Å². The molecule has 7 heteroatoms. The molecule has 0 radical (unpaired) electrons. The van der Waals surface area contributed by atoms with Crippen LogP contribution in [0.3, 0.4) is 0 Å². The number of para-hydroxylation sites is 1. The summed E-state index contributed by atoms with van der Waals surface area (Å²) >= 11 is 6.06. The minimum Gasteiger partial charge on any atom is -0.337 e. The number of aromatic nitrogens is 1. The van der Waals surface area contributed by atoms with Crippen molar-refractivity contribution >= 4 is 35.2 Å². The number of hydrogen-bond acceptors (Lipinski definition) is 4. The molecular formula is C20H21ClN4O2. The highest BCUT2D eigenvalue weighted by molar-refractivity contribution is 6.33. The summed E-state index contributed by atoms with van der Waals surface area (Å²) in [6.07, 6.45) is 6.73. The number of amides is 2. The molecule has 6 nitrogen and oxygen atoms in total. The van der Waals surface area contributed by atoms with Gasteiger partial charge in [0.1, 0.15) is 0 Å². The highest BCUT2D eigenvalue weighted by Crippen LogP contribution is 2.20. The molecule has 1 N–H and O–H groups in total.